The molecule has 5 nitrogen and oxygen atoms in total. The Kier molecular flexibility index (Phi) is 3.56. The minimum absolute atomic E-state index is 0.625. The number of hydrogen-bond donors (Lipinski definition) is 2. The molecule has 0 saturated carbocycles. The summed E-state index contributed by atoms with van der Waals surface area (Å²) in [5, 5.41) is 10.6. The third kappa shape index (κ3) is 2.80. The molecule has 2 N–H and O–H groups in total. The normalized spacial score (nSPS) is 26.4. The molecule has 0 aromatic carbocycles. The molecule has 0 amide bonds. The van der Waals surface area contributed by atoms with Gasteiger partial charge in [0.05, 0.1) is 0 Å². The summed E-state index contributed by atoms with van der Waals surface area (Å²) < 4.78 is 0. The molecular formula is C11H21N5. The van der Waals surface area contributed by atoms with Crippen molar-refractivity contribution in [2.24, 2.45) is 0 Å². The van der Waals surface area contributed by atoms with Crippen molar-refractivity contribution < 1.29 is 0 Å². The smallest absolute Gasteiger partial charge is 0.151 e. The van der Waals surface area contributed by atoms with Crippen LogP contribution in [-0.4, -0.2) is 52.3 Å². The molecule has 1 aromatic rings. The summed E-state index contributed by atoms with van der Waals surface area (Å²) in [6.07, 6.45) is 2.14. The summed E-state index contributed by atoms with van der Waals surface area (Å²) in [5.74, 6) is 1.80. The Bertz CT molecular complexity index is 325. The van der Waals surface area contributed by atoms with Crippen LogP contribution in [0.3, 0.4) is 0 Å². The van der Waals surface area contributed by atoms with Gasteiger partial charge in [0.2, 0.25) is 0 Å². The highest BCUT2D eigenvalue weighted by Gasteiger charge is 2.25. The van der Waals surface area contributed by atoms with E-state index in [1.165, 1.54) is 6.42 Å². The largest absolute Gasteiger partial charge is 0.312 e. The summed E-state index contributed by atoms with van der Waals surface area (Å²) in [5.41, 5.74) is 0. The second-order valence-corrected chi connectivity index (χ2v) is 4.76. The molecule has 1 aliphatic heterocycles. The van der Waals surface area contributed by atoms with Gasteiger partial charge < -0.3 is 10.2 Å². The summed E-state index contributed by atoms with van der Waals surface area (Å²) in [7, 11) is 2.19. The van der Waals surface area contributed by atoms with Crippen LogP contribution in [0.4, 0.5) is 0 Å². The molecule has 2 atom stereocenters. The van der Waals surface area contributed by atoms with Gasteiger partial charge in [-0.15, -0.1) is 0 Å². The van der Waals surface area contributed by atoms with Crippen molar-refractivity contribution in [2.45, 2.75) is 38.8 Å². The van der Waals surface area contributed by atoms with E-state index in [2.05, 4.69) is 39.4 Å². The predicted molar refractivity (Wildman–Crippen MR) is 63.3 cm³/mol. The lowest BCUT2D eigenvalue weighted by Gasteiger charge is -2.12. The summed E-state index contributed by atoms with van der Waals surface area (Å²) >= 11 is 0. The highest BCUT2D eigenvalue weighted by Crippen LogP contribution is 2.14. The van der Waals surface area contributed by atoms with Gasteiger partial charge in [0, 0.05) is 31.6 Å². The van der Waals surface area contributed by atoms with Crippen molar-refractivity contribution in [2.75, 3.05) is 20.1 Å². The average Bonchev–Trinajstić information content (AvgIpc) is 2.75. The molecule has 90 valence electrons. The lowest BCUT2D eigenvalue weighted by atomic mass is 10.2. The zero-order chi connectivity index (χ0) is 11.5. The number of nitrogens with one attached hydrogen (secondary N) is 2. The highest BCUT2D eigenvalue weighted by atomic mass is 15.2. The van der Waals surface area contributed by atoms with Gasteiger partial charge in [0.25, 0.3) is 0 Å². The van der Waals surface area contributed by atoms with Crippen LogP contribution < -0.4 is 5.32 Å². The molecule has 2 unspecified atom stereocenters. The van der Waals surface area contributed by atoms with Crippen LogP contribution in [0.2, 0.25) is 0 Å². The van der Waals surface area contributed by atoms with Gasteiger partial charge in [0.1, 0.15) is 5.82 Å². The van der Waals surface area contributed by atoms with Gasteiger partial charge in [-0.25, -0.2) is 4.98 Å². The van der Waals surface area contributed by atoms with E-state index in [0.29, 0.717) is 12.1 Å². The summed E-state index contributed by atoms with van der Waals surface area (Å²) in [6.45, 7) is 6.31. The number of aromatic amines is 1. The second-order valence-electron chi connectivity index (χ2n) is 4.76. The Balaban J connectivity index is 1.69. The maximum Gasteiger partial charge on any atom is 0.151 e. The van der Waals surface area contributed by atoms with Crippen LogP contribution in [0.15, 0.2) is 0 Å². The van der Waals surface area contributed by atoms with E-state index in [0.717, 1.165) is 31.2 Å². The van der Waals surface area contributed by atoms with E-state index in [-0.39, 0.29) is 0 Å². The molecule has 0 bridgehead atoms. The van der Waals surface area contributed by atoms with Crippen molar-refractivity contribution in [1.82, 2.24) is 25.4 Å². The fraction of sp³-hybridized carbons (Fsp3) is 0.818. The maximum atomic E-state index is 4.29. The molecule has 0 radical (unpaired) electrons. The van der Waals surface area contributed by atoms with Gasteiger partial charge in [-0.1, -0.05) is 0 Å². The molecule has 16 heavy (non-hydrogen) atoms. The molecule has 1 saturated heterocycles. The molecule has 2 heterocycles. The van der Waals surface area contributed by atoms with Crippen LogP contribution in [0.25, 0.3) is 0 Å². The number of aryl methyl sites for hydroxylation is 1. The third-order valence-corrected chi connectivity index (χ3v) is 3.31. The Morgan fingerprint density at radius 2 is 2.38 bits per heavy atom. The molecule has 1 fully saturated rings. The average molecular weight is 223 g/mol. The first kappa shape index (κ1) is 11.5. The van der Waals surface area contributed by atoms with E-state index in [1.807, 2.05) is 6.92 Å². The number of H-pyrrole nitrogens is 1. The lowest BCUT2D eigenvalue weighted by molar-refractivity contribution is 0.327. The Hall–Kier alpha value is -0.940. The van der Waals surface area contributed by atoms with Crippen LogP contribution in [0, 0.1) is 6.92 Å². The van der Waals surface area contributed by atoms with Crippen molar-refractivity contribution in [3.8, 4) is 0 Å². The predicted octanol–water partition coefficient (Wildman–Crippen LogP) is 0.338. The first-order valence-corrected chi connectivity index (χ1v) is 5.96. The number of likely N-dealkylation sites (N-methyl/N-ethyl adjacent to an activating group) is 1. The first-order chi connectivity index (χ1) is 7.65. The van der Waals surface area contributed by atoms with Crippen LogP contribution in [-0.2, 0) is 6.42 Å². The summed E-state index contributed by atoms with van der Waals surface area (Å²) in [4.78, 5) is 6.69. The van der Waals surface area contributed by atoms with Crippen molar-refractivity contribution in [1.29, 1.82) is 0 Å². The molecule has 5 heteroatoms. The zero-order valence-corrected chi connectivity index (χ0v) is 10.3. The zero-order valence-electron chi connectivity index (χ0n) is 10.3. The lowest BCUT2D eigenvalue weighted by Crippen LogP contribution is -2.33. The fourth-order valence-electron chi connectivity index (χ4n) is 2.23. The van der Waals surface area contributed by atoms with Gasteiger partial charge in [-0.3, -0.25) is 5.10 Å². The van der Waals surface area contributed by atoms with E-state index >= 15 is 0 Å². The molecular weight excluding hydrogens is 202 g/mol. The van der Waals surface area contributed by atoms with Crippen LogP contribution in [0.1, 0.15) is 25.0 Å². The molecule has 1 aromatic heterocycles. The Morgan fingerprint density at radius 1 is 1.56 bits per heavy atom. The number of hydrogen-bond acceptors (Lipinski definition) is 4. The molecule has 0 aliphatic carbocycles. The number of likely N-dealkylation sites (tertiary alicyclic amines) is 1. The standard InChI is InChI=1S/C11H21N5/c1-8-6-10(7-16(8)3)12-5-4-11-13-9(2)14-15-11/h8,10,12H,4-7H2,1-3H3,(H,13,14,15). The monoisotopic (exact) mass is 223 g/mol. The van der Waals surface area contributed by atoms with Crippen molar-refractivity contribution in [3.05, 3.63) is 11.6 Å². The van der Waals surface area contributed by atoms with Gasteiger partial charge in [-0.2, -0.15) is 5.10 Å². The Labute approximate surface area is 96.6 Å². The van der Waals surface area contributed by atoms with Gasteiger partial charge >= 0.3 is 0 Å². The van der Waals surface area contributed by atoms with Crippen LogP contribution >= 0.6 is 0 Å². The quantitative estimate of drug-likeness (QED) is 0.773. The summed E-state index contributed by atoms with van der Waals surface area (Å²) in [6, 6.07) is 1.32. The van der Waals surface area contributed by atoms with Gasteiger partial charge in [0.15, 0.2) is 5.82 Å². The van der Waals surface area contributed by atoms with E-state index in [1.54, 1.807) is 0 Å². The second kappa shape index (κ2) is 4.93. The van der Waals surface area contributed by atoms with E-state index < -0.39 is 0 Å². The van der Waals surface area contributed by atoms with Crippen molar-refractivity contribution in [3.63, 3.8) is 0 Å². The topological polar surface area (TPSA) is 56.8 Å². The molecule has 2 rings (SSSR count). The number of nitrogens with zero attached hydrogens (tertiary/aromatic N) is 3. The fourth-order valence-corrected chi connectivity index (χ4v) is 2.23. The van der Waals surface area contributed by atoms with Crippen LogP contribution in [0.5, 0.6) is 0 Å². The minimum Gasteiger partial charge on any atom is -0.312 e. The highest BCUT2D eigenvalue weighted by molar-refractivity contribution is 4.90. The third-order valence-electron chi connectivity index (χ3n) is 3.31. The minimum atomic E-state index is 0.625. The van der Waals surface area contributed by atoms with Gasteiger partial charge in [-0.05, 0) is 27.3 Å². The van der Waals surface area contributed by atoms with Crippen molar-refractivity contribution >= 4 is 0 Å². The van der Waals surface area contributed by atoms with E-state index in [4.69, 9.17) is 0 Å². The molecule has 0 spiro atoms. The maximum absolute atomic E-state index is 4.29. The van der Waals surface area contributed by atoms with E-state index in [9.17, 15) is 0 Å². The first-order valence-electron chi connectivity index (χ1n) is 5.96. The SMILES string of the molecule is Cc1nc(CCNC2CC(C)N(C)C2)n[nH]1. The number of rotatable bonds is 4. The number of aromatic nitrogens is 3. The molecule has 1 aliphatic rings. The Morgan fingerprint density at radius 3 is 2.94 bits per heavy atom.